The van der Waals surface area contributed by atoms with E-state index in [1.807, 2.05) is 12.1 Å². The van der Waals surface area contributed by atoms with Crippen LogP contribution in [0.2, 0.25) is 0 Å². The molecule has 1 aliphatic carbocycles. The van der Waals surface area contributed by atoms with Gasteiger partial charge in [0.25, 0.3) is 0 Å². The normalized spacial score (nSPS) is 16.8. The highest BCUT2D eigenvalue weighted by Crippen LogP contribution is 2.26. The molecule has 0 aromatic heterocycles. The number of sulfone groups is 1. The molecule has 2 rings (SSSR count). The zero-order valence-electron chi connectivity index (χ0n) is 9.44. The maximum atomic E-state index is 11.2. The molecule has 88 valence electrons. The fourth-order valence-corrected chi connectivity index (χ4v) is 2.41. The van der Waals surface area contributed by atoms with E-state index in [0.29, 0.717) is 4.90 Å². The van der Waals surface area contributed by atoms with Crippen LogP contribution in [0, 0.1) is 5.92 Å². The molecule has 0 heterocycles. The van der Waals surface area contributed by atoms with E-state index >= 15 is 0 Å². The van der Waals surface area contributed by atoms with E-state index in [0.717, 1.165) is 18.2 Å². The molecule has 0 radical (unpaired) electrons. The van der Waals surface area contributed by atoms with E-state index in [1.165, 1.54) is 25.5 Å². The highest BCUT2D eigenvalue weighted by molar-refractivity contribution is 7.90. The molecule has 4 heteroatoms. The van der Waals surface area contributed by atoms with E-state index < -0.39 is 9.84 Å². The van der Waals surface area contributed by atoms with Crippen molar-refractivity contribution in [3.63, 3.8) is 0 Å². The minimum Gasteiger partial charge on any atom is -0.385 e. The van der Waals surface area contributed by atoms with E-state index in [1.54, 1.807) is 12.1 Å². The Morgan fingerprint density at radius 3 is 2.31 bits per heavy atom. The molecular formula is C12H17NO2S. The van der Waals surface area contributed by atoms with Gasteiger partial charge in [-0.2, -0.15) is 0 Å². The summed E-state index contributed by atoms with van der Waals surface area (Å²) in [4.78, 5) is 0.377. The van der Waals surface area contributed by atoms with Gasteiger partial charge in [-0.25, -0.2) is 8.42 Å². The maximum absolute atomic E-state index is 11.2. The number of hydrogen-bond acceptors (Lipinski definition) is 3. The average Bonchev–Trinajstić information content (AvgIpc) is 2.15. The van der Waals surface area contributed by atoms with Gasteiger partial charge in [0.2, 0.25) is 0 Å². The van der Waals surface area contributed by atoms with Crippen molar-refractivity contribution in [1.29, 1.82) is 0 Å². The molecule has 1 N–H and O–H groups in total. The maximum Gasteiger partial charge on any atom is 0.175 e. The largest absolute Gasteiger partial charge is 0.385 e. The van der Waals surface area contributed by atoms with Gasteiger partial charge in [0.15, 0.2) is 9.84 Å². The van der Waals surface area contributed by atoms with E-state index in [9.17, 15) is 8.42 Å². The molecule has 16 heavy (non-hydrogen) atoms. The van der Waals surface area contributed by atoms with Gasteiger partial charge in [-0.3, -0.25) is 0 Å². The van der Waals surface area contributed by atoms with Crippen molar-refractivity contribution in [1.82, 2.24) is 0 Å². The summed E-state index contributed by atoms with van der Waals surface area (Å²) in [5.74, 6) is 0.801. The monoisotopic (exact) mass is 239 g/mol. The summed E-state index contributed by atoms with van der Waals surface area (Å²) in [6.45, 7) is 0.998. The fraction of sp³-hybridized carbons (Fsp3) is 0.500. The summed E-state index contributed by atoms with van der Waals surface area (Å²) in [6, 6.07) is 6.96. The lowest BCUT2D eigenvalue weighted by Crippen LogP contribution is -2.20. The van der Waals surface area contributed by atoms with Crippen LogP contribution in [0.5, 0.6) is 0 Å². The van der Waals surface area contributed by atoms with Crippen molar-refractivity contribution in [3.05, 3.63) is 24.3 Å². The molecule has 1 fully saturated rings. The second-order valence-electron chi connectivity index (χ2n) is 4.47. The Bertz CT molecular complexity index is 446. The minimum atomic E-state index is -3.07. The topological polar surface area (TPSA) is 46.2 Å². The van der Waals surface area contributed by atoms with E-state index in [2.05, 4.69) is 5.32 Å². The smallest absolute Gasteiger partial charge is 0.175 e. The van der Waals surface area contributed by atoms with Gasteiger partial charge in [0.1, 0.15) is 0 Å². The fourth-order valence-electron chi connectivity index (χ4n) is 1.78. The first kappa shape index (κ1) is 11.5. The first-order chi connectivity index (χ1) is 7.55. The summed E-state index contributed by atoms with van der Waals surface area (Å²) in [6.07, 6.45) is 5.20. The van der Waals surface area contributed by atoms with Gasteiger partial charge in [-0.15, -0.1) is 0 Å². The standard InChI is InChI=1S/C12H17NO2S/c1-16(14,15)12-7-5-11(6-8-12)13-9-10-3-2-4-10/h5-8,10,13H,2-4,9H2,1H3. The van der Waals surface area contributed by atoms with Crippen molar-refractivity contribution < 1.29 is 8.42 Å². The highest BCUT2D eigenvalue weighted by atomic mass is 32.2. The summed E-state index contributed by atoms with van der Waals surface area (Å²) in [5.41, 5.74) is 0.999. The average molecular weight is 239 g/mol. The van der Waals surface area contributed by atoms with Crippen molar-refractivity contribution in [2.45, 2.75) is 24.2 Å². The lowest BCUT2D eigenvalue weighted by atomic mass is 9.85. The van der Waals surface area contributed by atoms with Gasteiger partial charge in [-0.05, 0) is 43.0 Å². The van der Waals surface area contributed by atoms with E-state index in [4.69, 9.17) is 0 Å². The van der Waals surface area contributed by atoms with Crippen LogP contribution >= 0.6 is 0 Å². The zero-order valence-corrected chi connectivity index (χ0v) is 10.3. The van der Waals surface area contributed by atoms with Gasteiger partial charge in [-0.1, -0.05) is 6.42 Å². The molecule has 0 atom stereocenters. The van der Waals surface area contributed by atoms with Crippen molar-refractivity contribution in [2.75, 3.05) is 18.1 Å². The van der Waals surface area contributed by atoms with Crippen molar-refractivity contribution in [2.24, 2.45) is 5.92 Å². The van der Waals surface area contributed by atoms with Crippen molar-refractivity contribution >= 4 is 15.5 Å². The Morgan fingerprint density at radius 2 is 1.88 bits per heavy atom. The molecule has 1 saturated carbocycles. The number of anilines is 1. The second-order valence-corrected chi connectivity index (χ2v) is 6.49. The molecule has 0 saturated heterocycles. The highest BCUT2D eigenvalue weighted by Gasteiger charge is 2.16. The van der Waals surface area contributed by atoms with Gasteiger partial charge < -0.3 is 5.32 Å². The quantitative estimate of drug-likeness (QED) is 0.877. The zero-order chi connectivity index (χ0) is 11.6. The van der Waals surface area contributed by atoms with Crippen LogP contribution in [0.4, 0.5) is 5.69 Å². The minimum absolute atomic E-state index is 0.377. The number of rotatable bonds is 4. The third-order valence-electron chi connectivity index (χ3n) is 3.10. The Labute approximate surface area is 96.8 Å². The third-order valence-corrected chi connectivity index (χ3v) is 4.23. The molecule has 0 unspecified atom stereocenters. The van der Waals surface area contributed by atoms with Crippen LogP contribution in [0.15, 0.2) is 29.2 Å². The molecule has 1 aromatic carbocycles. The number of nitrogens with one attached hydrogen (secondary N) is 1. The summed E-state index contributed by atoms with van der Waals surface area (Å²) in [5, 5.41) is 3.33. The molecule has 0 bridgehead atoms. The molecule has 1 aromatic rings. The number of hydrogen-bond donors (Lipinski definition) is 1. The first-order valence-corrected chi connectivity index (χ1v) is 7.49. The first-order valence-electron chi connectivity index (χ1n) is 5.60. The van der Waals surface area contributed by atoms with Crippen LogP contribution < -0.4 is 5.32 Å². The van der Waals surface area contributed by atoms with Crippen molar-refractivity contribution in [3.8, 4) is 0 Å². The molecular weight excluding hydrogens is 222 g/mol. The Morgan fingerprint density at radius 1 is 1.25 bits per heavy atom. The van der Waals surface area contributed by atoms with Gasteiger partial charge in [0, 0.05) is 18.5 Å². The molecule has 0 spiro atoms. The van der Waals surface area contributed by atoms with Crippen LogP contribution in [-0.4, -0.2) is 21.2 Å². The van der Waals surface area contributed by atoms with Gasteiger partial charge >= 0.3 is 0 Å². The lowest BCUT2D eigenvalue weighted by molar-refractivity contribution is 0.333. The molecule has 0 amide bonds. The molecule has 0 aliphatic heterocycles. The lowest BCUT2D eigenvalue weighted by Gasteiger charge is -2.25. The molecule has 3 nitrogen and oxygen atoms in total. The molecule has 1 aliphatic rings. The summed E-state index contributed by atoms with van der Waals surface area (Å²) < 4.78 is 22.5. The third kappa shape index (κ3) is 2.76. The predicted octanol–water partition coefficient (Wildman–Crippen LogP) is 2.30. The summed E-state index contributed by atoms with van der Waals surface area (Å²) in [7, 11) is -3.07. The Kier molecular flexibility index (Phi) is 3.19. The van der Waals surface area contributed by atoms with Crippen LogP contribution in [0.3, 0.4) is 0 Å². The van der Waals surface area contributed by atoms with Crippen LogP contribution in [0.25, 0.3) is 0 Å². The Balaban J connectivity index is 1.96. The predicted molar refractivity (Wildman–Crippen MR) is 65.4 cm³/mol. The second kappa shape index (κ2) is 4.45. The van der Waals surface area contributed by atoms with E-state index in [-0.39, 0.29) is 0 Å². The van der Waals surface area contributed by atoms with Crippen LogP contribution in [-0.2, 0) is 9.84 Å². The number of benzene rings is 1. The SMILES string of the molecule is CS(=O)(=O)c1ccc(NCC2CCC2)cc1. The Hall–Kier alpha value is -1.03. The van der Waals surface area contributed by atoms with Gasteiger partial charge in [0.05, 0.1) is 4.90 Å². The summed E-state index contributed by atoms with van der Waals surface area (Å²) >= 11 is 0. The van der Waals surface area contributed by atoms with Crippen LogP contribution in [0.1, 0.15) is 19.3 Å².